The second-order valence-corrected chi connectivity index (χ2v) is 3.08. The van der Waals surface area contributed by atoms with Gasteiger partial charge in [-0.05, 0) is 18.1 Å². The molecular formula is C9H10N2O3. The molecule has 1 aromatic rings. The average molecular weight is 194 g/mol. The number of benzene rings is 1. The van der Waals surface area contributed by atoms with Gasteiger partial charge in [0, 0.05) is 17.8 Å². The van der Waals surface area contributed by atoms with Crippen molar-refractivity contribution in [2.24, 2.45) is 0 Å². The summed E-state index contributed by atoms with van der Waals surface area (Å²) in [5, 5.41) is 13.6. The van der Waals surface area contributed by atoms with Crippen molar-refractivity contribution < 1.29 is 9.66 Å². The number of hydrogen-bond donors (Lipinski definition) is 1. The number of nitrogens with one attached hydrogen (secondary N) is 1. The number of rotatable bonds is 1. The summed E-state index contributed by atoms with van der Waals surface area (Å²) in [7, 11) is 0. The van der Waals surface area contributed by atoms with E-state index in [0.717, 1.165) is 11.3 Å². The number of ether oxygens (including phenoxy) is 1. The van der Waals surface area contributed by atoms with Crippen LogP contribution in [0.4, 0.5) is 11.4 Å². The van der Waals surface area contributed by atoms with Gasteiger partial charge in [0.1, 0.15) is 6.73 Å². The Morgan fingerprint density at radius 2 is 2.36 bits per heavy atom. The molecule has 0 amide bonds. The van der Waals surface area contributed by atoms with Crippen LogP contribution in [0.25, 0.3) is 0 Å². The highest BCUT2D eigenvalue weighted by atomic mass is 16.6. The topological polar surface area (TPSA) is 64.4 Å². The Hall–Kier alpha value is -1.62. The van der Waals surface area contributed by atoms with E-state index in [2.05, 4.69) is 5.32 Å². The molecule has 0 saturated carbocycles. The van der Waals surface area contributed by atoms with E-state index >= 15 is 0 Å². The Labute approximate surface area is 80.8 Å². The van der Waals surface area contributed by atoms with Gasteiger partial charge in [0.05, 0.1) is 11.5 Å². The van der Waals surface area contributed by atoms with Gasteiger partial charge in [-0.3, -0.25) is 10.1 Å². The van der Waals surface area contributed by atoms with Crippen molar-refractivity contribution in [3.05, 3.63) is 33.9 Å². The van der Waals surface area contributed by atoms with Gasteiger partial charge < -0.3 is 10.1 Å². The summed E-state index contributed by atoms with van der Waals surface area (Å²) in [6.07, 6.45) is 0.712. The maximum Gasteiger partial charge on any atom is 0.269 e. The molecule has 0 atom stereocenters. The molecule has 0 aromatic heterocycles. The fraction of sp³-hybridized carbons (Fsp3) is 0.333. The number of nitro benzene ring substituents is 1. The Morgan fingerprint density at radius 1 is 1.50 bits per heavy atom. The van der Waals surface area contributed by atoms with Crippen molar-refractivity contribution in [1.29, 1.82) is 0 Å². The van der Waals surface area contributed by atoms with Crippen molar-refractivity contribution in [1.82, 2.24) is 0 Å². The zero-order valence-electron chi connectivity index (χ0n) is 7.53. The summed E-state index contributed by atoms with van der Waals surface area (Å²) in [5.74, 6) is 0. The summed E-state index contributed by atoms with van der Waals surface area (Å²) in [6, 6.07) is 4.82. The molecule has 0 fully saturated rings. The van der Waals surface area contributed by atoms with Crippen LogP contribution >= 0.6 is 0 Å². The van der Waals surface area contributed by atoms with Gasteiger partial charge >= 0.3 is 0 Å². The first-order chi connectivity index (χ1) is 6.77. The smallest absolute Gasteiger partial charge is 0.269 e. The lowest BCUT2D eigenvalue weighted by atomic mass is 10.1. The third-order valence-corrected chi connectivity index (χ3v) is 2.18. The molecule has 0 spiro atoms. The molecule has 0 bridgehead atoms. The second kappa shape index (κ2) is 3.63. The van der Waals surface area contributed by atoms with Gasteiger partial charge in [-0.15, -0.1) is 0 Å². The lowest BCUT2D eigenvalue weighted by Gasteiger charge is -2.05. The fourth-order valence-electron chi connectivity index (χ4n) is 1.46. The largest absolute Gasteiger partial charge is 0.362 e. The number of anilines is 1. The van der Waals surface area contributed by atoms with Crippen LogP contribution in [-0.2, 0) is 11.2 Å². The Balaban J connectivity index is 2.37. The first kappa shape index (κ1) is 8.96. The highest BCUT2D eigenvalue weighted by molar-refractivity contribution is 5.56. The summed E-state index contributed by atoms with van der Waals surface area (Å²) >= 11 is 0. The van der Waals surface area contributed by atoms with Crippen LogP contribution in [0.5, 0.6) is 0 Å². The minimum Gasteiger partial charge on any atom is -0.362 e. The number of fused-ring (bicyclic) bond motifs is 1. The first-order valence-electron chi connectivity index (χ1n) is 4.36. The van der Waals surface area contributed by atoms with Gasteiger partial charge in [-0.1, -0.05) is 0 Å². The van der Waals surface area contributed by atoms with E-state index in [0.29, 0.717) is 19.8 Å². The first-order valence-corrected chi connectivity index (χ1v) is 4.36. The van der Waals surface area contributed by atoms with Crippen molar-refractivity contribution in [3.8, 4) is 0 Å². The molecule has 1 aliphatic rings. The standard InChI is InChI=1S/C9H10N2O3/c12-11(13)8-1-2-9-7(5-8)3-4-14-6-10-9/h1-2,5,10H,3-4,6H2. The quantitative estimate of drug-likeness (QED) is 0.544. The van der Waals surface area contributed by atoms with E-state index in [9.17, 15) is 10.1 Å². The molecule has 1 aliphatic heterocycles. The lowest BCUT2D eigenvalue weighted by Crippen LogP contribution is -2.02. The zero-order valence-corrected chi connectivity index (χ0v) is 7.53. The molecule has 0 aliphatic carbocycles. The lowest BCUT2D eigenvalue weighted by molar-refractivity contribution is -0.384. The van der Waals surface area contributed by atoms with Gasteiger partial charge in [0.15, 0.2) is 0 Å². The second-order valence-electron chi connectivity index (χ2n) is 3.08. The van der Waals surface area contributed by atoms with E-state index in [1.807, 2.05) is 0 Å². The van der Waals surface area contributed by atoms with Gasteiger partial charge in [-0.2, -0.15) is 0 Å². The molecule has 1 aromatic carbocycles. The van der Waals surface area contributed by atoms with Crippen LogP contribution in [0.3, 0.4) is 0 Å². The number of hydrogen-bond acceptors (Lipinski definition) is 4. The van der Waals surface area contributed by atoms with Gasteiger partial charge in [0.25, 0.3) is 5.69 Å². The molecule has 2 rings (SSSR count). The predicted octanol–water partition coefficient (Wildman–Crippen LogP) is 1.54. The summed E-state index contributed by atoms with van der Waals surface area (Å²) in [4.78, 5) is 10.1. The summed E-state index contributed by atoms with van der Waals surface area (Å²) < 4.78 is 5.20. The molecule has 5 heteroatoms. The van der Waals surface area contributed by atoms with Crippen LogP contribution in [0.15, 0.2) is 18.2 Å². The van der Waals surface area contributed by atoms with Crippen molar-refractivity contribution in [2.75, 3.05) is 18.7 Å². The van der Waals surface area contributed by atoms with Crippen molar-refractivity contribution in [3.63, 3.8) is 0 Å². The molecule has 0 radical (unpaired) electrons. The third-order valence-electron chi connectivity index (χ3n) is 2.18. The fourth-order valence-corrected chi connectivity index (χ4v) is 1.46. The molecule has 74 valence electrons. The molecule has 5 nitrogen and oxygen atoms in total. The Morgan fingerprint density at radius 3 is 3.14 bits per heavy atom. The zero-order chi connectivity index (χ0) is 9.97. The van der Waals surface area contributed by atoms with Crippen LogP contribution < -0.4 is 5.32 Å². The van der Waals surface area contributed by atoms with Crippen molar-refractivity contribution in [2.45, 2.75) is 6.42 Å². The number of nitro groups is 1. The molecular weight excluding hydrogens is 184 g/mol. The van der Waals surface area contributed by atoms with Gasteiger partial charge in [-0.25, -0.2) is 0 Å². The minimum absolute atomic E-state index is 0.132. The molecule has 0 unspecified atom stereocenters. The van der Waals surface area contributed by atoms with Crippen LogP contribution in [0.1, 0.15) is 5.56 Å². The molecule has 14 heavy (non-hydrogen) atoms. The minimum atomic E-state index is -0.383. The monoisotopic (exact) mass is 194 g/mol. The average Bonchev–Trinajstić information content (AvgIpc) is 2.41. The summed E-state index contributed by atoms with van der Waals surface area (Å²) in [6.45, 7) is 1.06. The van der Waals surface area contributed by atoms with Crippen LogP contribution in [-0.4, -0.2) is 18.3 Å². The summed E-state index contributed by atoms with van der Waals surface area (Å²) in [5.41, 5.74) is 2.00. The van der Waals surface area contributed by atoms with Crippen LogP contribution in [0, 0.1) is 10.1 Å². The normalized spacial score (nSPS) is 15.1. The van der Waals surface area contributed by atoms with E-state index < -0.39 is 0 Å². The Bertz CT molecular complexity index is 365. The number of nitrogens with zero attached hydrogens (tertiary/aromatic N) is 1. The van der Waals surface area contributed by atoms with Crippen molar-refractivity contribution >= 4 is 11.4 Å². The van der Waals surface area contributed by atoms with E-state index in [4.69, 9.17) is 4.74 Å². The molecule has 0 saturated heterocycles. The Kier molecular flexibility index (Phi) is 2.32. The molecule has 1 N–H and O–H groups in total. The molecule has 1 heterocycles. The third kappa shape index (κ3) is 1.67. The van der Waals surface area contributed by atoms with Crippen LogP contribution in [0.2, 0.25) is 0 Å². The van der Waals surface area contributed by atoms with Gasteiger partial charge in [0.2, 0.25) is 0 Å². The van der Waals surface area contributed by atoms with E-state index in [-0.39, 0.29) is 10.6 Å². The van der Waals surface area contributed by atoms with E-state index in [1.54, 1.807) is 12.1 Å². The van der Waals surface area contributed by atoms with E-state index in [1.165, 1.54) is 6.07 Å². The highest BCUT2D eigenvalue weighted by Gasteiger charge is 2.12. The maximum absolute atomic E-state index is 10.5. The number of non-ortho nitro benzene ring substituents is 1. The maximum atomic E-state index is 10.5. The SMILES string of the molecule is O=[N+]([O-])c1ccc2c(c1)CCOCN2. The highest BCUT2D eigenvalue weighted by Crippen LogP contribution is 2.23. The predicted molar refractivity (Wildman–Crippen MR) is 51.2 cm³/mol.